The number of thioether (sulfide) groups is 1. The van der Waals surface area contributed by atoms with Crippen molar-refractivity contribution >= 4 is 29.7 Å². The zero-order chi connectivity index (χ0) is 23.1. The van der Waals surface area contributed by atoms with Gasteiger partial charge < -0.3 is 20.1 Å². The van der Waals surface area contributed by atoms with Gasteiger partial charge in [0, 0.05) is 24.8 Å². The number of amides is 2. The Kier molecular flexibility index (Phi) is 8.16. The largest absolute Gasteiger partial charge is 0.480 e. The highest BCUT2D eigenvalue weighted by Gasteiger charge is 2.29. The van der Waals surface area contributed by atoms with Crippen molar-refractivity contribution in [2.75, 3.05) is 38.2 Å². The molecule has 0 saturated heterocycles. The minimum Gasteiger partial charge on any atom is -0.480 e. The number of carbonyl (C=O) groups excluding carboxylic acids is 2. The normalized spacial score (nSPS) is 13.1. The number of benzene rings is 2. The molecule has 0 fully saturated rings. The molecule has 2 N–H and O–H groups in total. The van der Waals surface area contributed by atoms with E-state index in [0.717, 1.165) is 22.3 Å². The highest BCUT2D eigenvalue weighted by Crippen LogP contribution is 2.44. The fourth-order valence-corrected chi connectivity index (χ4v) is 4.32. The number of alkyl carbamates (subject to hydrolysis) is 1. The molecule has 0 radical (unpaired) electrons. The molecule has 32 heavy (non-hydrogen) atoms. The van der Waals surface area contributed by atoms with Crippen LogP contribution in [0.5, 0.6) is 0 Å². The van der Waals surface area contributed by atoms with Gasteiger partial charge >= 0.3 is 12.1 Å². The van der Waals surface area contributed by atoms with E-state index in [-0.39, 0.29) is 31.5 Å². The zero-order valence-electron chi connectivity index (χ0n) is 18.2. The number of fused-ring (bicyclic) bond motifs is 3. The van der Waals surface area contributed by atoms with Crippen molar-refractivity contribution in [1.29, 1.82) is 0 Å². The number of carbonyl (C=O) groups is 3. The van der Waals surface area contributed by atoms with Gasteiger partial charge in [0.25, 0.3) is 0 Å². The Balaban J connectivity index is 1.54. The Hall–Kier alpha value is -3.00. The topological polar surface area (TPSA) is 95.9 Å². The summed E-state index contributed by atoms with van der Waals surface area (Å²) in [6.07, 6.45) is 1.30. The maximum absolute atomic E-state index is 12.6. The summed E-state index contributed by atoms with van der Waals surface area (Å²) in [4.78, 5) is 37.3. The molecule has 1 atom stereocenters. The molecule has 3 rings (SSSR count). The number of rotatable bonds is 10. The first-order valence-corrected chi connectivity index (χ1v) is 11.9. The van der Waals surface area contributed by atoms with Crippen LogP contribution in [0.25, 0.3) is 11.1 Å². The number of carboxylic acids is 1. The molecule has 1 aliphatic rings. The average molecular weight is 457 g/mol. The molecule has 0 spiro atoms. The first kappa shape index (κ1) is 23.7. The highest BCUT2D eigenvalue weighted by atomic mass is 32.2. The fourth-order valence-electron chi connectivity index (χ4n) is 3.92. The van der Waals surface area contributed by atoms with Gasteiger partial charge in [-0.3, -0.25) is 9.59 Å². The Labute approximate surface area is 192 Å². The van der Waals surface area contributed by atoms with Gasteiger partial charge in [-0.1, -0.05) is 55.5 Å². The monoisotopic (exact) mass is 456 g/mol. The molecule has 0 saturated carbocycles. The molecular weight excluding hydrogens is 428 g/mol. The fraction of sp³-hybridized carbons (Fsp3) is 0.375. The van der Waals surface area contributed by atoms with E-state index in [1.807, 2.05) is 42.7 Å². The number of ether oxygens (including phenoxy) is 1. The van der Waals surface area contributed by atoms with Gasteiger partial charge in [0.15, 0.2) is 0 Å². The second kappa shape index (κ2) is 11.0. The summed E-state index contributed by atoms with van der Waals surface area (Å²) in [5, 5.41) is 11.7. The van der Waals surface area contributed by atoms with Crippen molar-refractivity contribution in [3.05, 3.63) is 59.7 Å². The molecule has 2 aromatic rings. The molecular formula is C24H28N2O5S. The summed E-state index contributed by atoms with van der Waals surface area (Å²) < 4.78 is 5.49. The van der Waals surface area contributed by atoms with Crippen molar-refractivity contribution in [3.63, 3.8) is 0 Å². The third kappa shape index (κ3) is 5.62. The summed E-state index contributed by atoms with van der Waals surface area (Å²) >= 11 is 1.54. The summed E-state index contributed by atoms with van der Waals surface area (Å²) in [6, 6.07) is 16.2. The van der Waals surface area contributed by atoms with Crippen LogP contribution in [-0.2, 0) is 14.3 Å². The maximum atomic E-state index is 12.6. The maximum Gasteiger partial charge on any atom is 0.407 e. The van der Waals surface area contributed by atoms with Gasteiger partial charge in [-0.2, -0.15) is 11.8 Å². The average Bonchev–Trinajstić information content (AvgIpc) is 3.12. The van der Waals surface area contributed by atoms with Crippen LogP contribution in [-0.4, -0.2) is 66.2 Å². The van der Waals surface area contributed by atoms with Crippen LogP contribution in [0.4, 0.5) is 4.79 Å². The smallest absolute Gasteiger partial charge is 0.407 e. The third-order valence-corrected chi connectivity index (χ3v) is 6.11. The third-order valence-electron chi connectivity index (χ3n) is 5.52. The van der Waals surface area contributed by atoms with E-state index in [4.69, 9.17) is 9.84 Å². The van der Waals surface area contributed by atoms with Gasteiger partial charge in [-0.05, 0) is 28.5 Å². The SMILES string of the molecule is CSCCN(CC(=O)O)C(=O)C(C)CNC(=O)OCC1c2ccccc2-c2ccccc21. The Morgan fingerprint density at radius 2 is 1.69 bits per heavy atom. The second-order valence-electron chi connectivity index (χ2n) is 7.75. The number of hydrogen-bond donors (Lipinski definition) is 2. The zero-order valence-corrected chi connectivity index (χ0v) is 19.1. The first-order chi connectivity index (χ1) is 15.4. The van der Waals surface area contributed by atoms with E-state index < -0.39 is 18.0 Å². The number of aliphatic carboxylic acids is 1. The van der Waals surface area contributed by atoms with Crippen molar-refractivity contribution in [3.8, 4) is 11.1 Å². The van der Waals surface area contributed by atoms with Crippen LogP contribution in [0.1, 0.15) is 24.0 Å². The van der Waals surface area contributed by atoms with E-state index >= 15 is 0 Å². The van der Waals surface area contributed by atoms with Crippen molar-refractivity contribution in [2.24, 2.45) is 5.92 Å². The van der Waals surface area contributed by atoms with E-state index in [2.05, 4.69) is 17.4 Å². The van der Waals surface area contributed by atoms with Gasteiger partial charge in [0.1, 0.15) is 13.2 Å². The lowest BCUT2D eigenvalue weighted by Gasteiger charge is -2.24. The summed E-state index contributed by atoms with van der Waals surface area (Å²) in [6.45, 7) is 1.93. The lowest BCUT2D eigenvalue weighted by Crippen LogP contribution is -2.43. The van der Waals surface area contributed by atoms with Crippen molar-refractivity contribution < 1.29 is 24.2 Å². The van der Waals surface area contributed by atoms with Crippen molar-refractivity contribution in [2.45, 2.75) is 12.8 Å². The van der Waals surface area contributed by atoms with E-state index in [1.165, 1.54) is 16.7 Å². The molecule has 170 valence electrons. The molecule has 8 heteroatoms. The number of nitrogens with one attached hydrogen (secondary N) is 1. The molecule has 1 aliphatic carbocycles. The molecule has 0 aromatic heterocycles. The van der Waals surface area contributed by atoms with E-state index in [0.29, 0.717) is 12.3 Å². The van der Waals surface area contributed by atoms with E-state index in [1.54, 1.807) is 6.92 Å². The number of nitrogens with zero attached hydrogens (tertiary/aromatic N) is 1. The highest BCUT2D eigenvalue weighted by molar-refractivity contribution is 7.98. The minimum atomic E-state index is -1.06. The number of hydrogen-bond acceptors (Lipinski definition) is 5. The van der Waals surface area contributed by atoms with E-state index in [9.17, 15) is 14.4 Å². The minimum absolute atomic E-state index is 0.0372. The lowest BCUT2D eigenvalue weighted by atomic mass is 9.98. The van der Waals surface area contributed by atoms with Gasteiger partial charge in [0.05, 0.1) is 5.92 Å². The molecule has 1 unspecified atom stereocenters. The van der Waals surface area contributed by atoms with Crippen LogP contribution in [0.2, 0.25) is 0 Å². The second-order valence-corrected chi connectivity index (χ2v) is 8.74. The molecule has 0 aliphatic heterocycles. The molecule has 2 amide bonds. The molecule has 7 nitrogen and oxygen atoms in total. The first-order valence-electron chi connectivity index (χ1n) is 10.5. The predicted octanol–water partition coefficient (Wildman–Crippen LogP) is 3.44. The van der Waals surface area contributed by atoms with Crippen LogP contribution in [0, 0.1) is 5.92 Å². The van der Waals surface area contributed by atoms with Crippen LogP contribution in [0.15, 0.2) is 48.5 Å². The number of carboxylic acid groups (broad SMARTS) is 1. The van der Waals surface area contributed by atoms with Crippen LogP contribution >= 0.6 is 11.8 Å². The molecule has 0 bridgehead atoms. The van der Waals surface area contributed by atoms with Gasteiger partial charge in [-0.15, -0.1) is 0 Å². The van der Waals surface area contributed by atoms with Crippen molar-refractivity contribution in [1.82, 2.24) is 10.2 Å². The summed E-state index contributed by atoms with van der Waals surface area (Å²) in [7, 11) is 0. The predicted molar refractivity (Wildman–Crippen MR) is 125 cm³/mol. The van der Waals surface area contributed by atoms with Crippen LogP contribution < -0.4 is 5.32 Å². The summed E-state index contributed by atoms with van der Waals surface area (Å²) in [5.41, 5.74) is 4.56. The van der Waals surface area contributed by atoms with Gasteiger partial charge in [-0.25, -0.2) is 4.79 Å². The quantitative estimate of drug-likeness (QED) is 0.569. The molecule has 0 heterocycles. The lowest BCUT2D eigenvalue weighted by molar-refractivity contribution is -0.145. The Morgan fingerprint density at radius 3 is 2.25 bits per heavy atom. The van der Waals surface area contributed by atoms with Crippen LogP contribution in [0.3, 0.4) is 0 Å². The molecule has 2 aromatic carbocycles. The summed E-state index contributed by atoms with van der Waals surface area (Å²) in [5.74, 6) is -1.32. The Bertz CT molecular complexity index is 935. The standard InChI is InChI=1S/C24H28N2O5S/c1-16(23(29)26(11-12-32-2)14-22(27)28)13-25-24(30)31-15-21-19-9-5-3-7-17(19)18-8-4-6-10-20(18)21/h3-10,16,21H,11-15H2,1-2H3,(H,25,30)(H,27,28). The Morgan fingerprint density at radius 1 is 1.09 bits per heavy atom. The van der Waals surface area contributed by atoms with Gasteiger partial charge in [0.2, 0.25) is 5.91 Å².